The maximum Gasteiger partial charge on any atom is 0.262 e. The van der Waals surface area contributed by atoms with Gasteiger partial charge in [0.15, 0.2) is 5.58 Å². The van der Waals surface area contributed by atoms with Gasteiger partial charge in [0.25, 0.3) is 5.56 Å². The first-order valence-electron chi connectivity index (χ1n) is 10.1. The number of rotatable bonds is 3. The van der Waals surface area contributed by atoms with E-state index in [1.165, 1.54) is 0 Å². The summed E-state index contributed by atoms with van der Waals surface area (Å²) in [5.74, 6) is 0.588. The molecular weight excluding hydrogens is 499 g/mol. The Bertz CT molecular complexity index is 1510. The number of aromatic nitrogens is 1. The van der Waals surface area contributed by atoms with E-state index in [1.807, 2.05) is 61.6 Å². The van der Waals surface area contributed by atoms with Crippen molar-refractivity contribution in [1.82, 2.24) is 4.57 Å². The molecule has 1 N–H and O–H groups in total. The molecule has 0 amide bonds. The zero-order chi connectivity index (χ0) is 21.7. The van der Waals surface area contributed by atoms with E-state index >= 15 is 0 Å². The molecule has 0 bridgehead atoms. The summed E-state index contributed by atoms with van der Waals surface area (Å²) in [5, 5.41) is 5.03. The highest BCUT2D eigenvalue weighted by Gasteiger charge is 2.24. The minimum Gasteiger partial charge on any atom is -0.439 e. The number of nitrogens with zero attached hydrogens (tertiary/aromatic N) is 1. The number of pyridine rings is 1. The molecule has 0 atom stereocenters. The van der Waals surface area contributed by atoms with E-state index in [0.29, 0.717) is 16.9 Å². The van der Waals surface area contributed by atoms with Crippen LogP contribution in [0.1, 0.15) is 11.1 Å². The van der Waals surface area contributed by atoms with Crippen molar-refractivity contribution in [2.45, 2.75) is 13.8 Å². The number of hydrogen-bond donors (Lipinski definition) is 1. The number of furan rings is 1. The summed E-state index contributed by atoms with van der Waals surface area (Å²) in [4.78, 5) is 13.5. The van der Waals surface area contributed by atoms with Crippen LogP contribution in [0, 0.1) is 17.4 Å². The second-order valence-corrected chi connectivity index (χ2v) is 8.93. The fourth-order valence-electron chi connectivity index (χ4n) is 4.19. The monoisotopic (exact) mass is 520 g/mol. The molecule has 0 aliphatic rings. The lowest BCUT2D eigenvalue weighted by Gasteiger charge is -2.12. The Labute approximate surface area is 193 Å². The van der Waals surface area contributed by atoms with Gasteiger partial charge in [0.1, 0.15) is 0 Å². The number of nitrogens with one attached hydrogen (secondary N) is 1. The second kappa shape index (κ2) is 7.57. The zero-order valence-corrected chi connectivity index (χ0v) is 19.7. The van der Waals surface area contributed by atoms with E-state index in [1.54, 1.807) is 4.57 Å². The average Bonchev–Trinajstić information content (AvgIpc) is 3.14. The standard InChI is InChI=1S/C26H21IN2O2/c1-15-9-8-10-16(2)23(15)28-25-21(17-11-4-6-13-19(17)27)22-24(31-25)18-12-5-7-14-20(18)29(3)26(22)30/h4-14,28H,1-3H3. The van der Waals surface area contributed by atoms with Crippen LogP contribution in [-0.2, 0) is 7.05 Å². The van der Waals surface area contributed by atoms with Crippen molar-refractivity contribution >= 4 is 56.0 Å². The maximum absolute atomic E-state index is 13.5. The molecule has 2 heterocycles. The fraction of sp³-hybridized carbons (Fsp3) is 0.115. The quantitative estimate of drug-likeness (QED) is 0.263. The van der Waals surface area contributed by atoms with Crippen LogP contribution in [0.5, 0.6) is 0 Å². The molecule has 5 aromatic rings. The molecule has 0 aliphatic carbocycles. The van der Waals surface area contributed by atoms with Gasteiger partial charge in [-0.05, 0) is 65.8 Å². The average molecular weight is 520 g/mol. The highest BCUT2D eigenvalue weighted by molar-refractivity contribution is 14.1. The molecule has 0 spiro atoms. The van der Waals surface area contributed by atoms with Crippen molar-refractivity contribution in [2.24, 2.45) is 7.05 Å². The van der Waals surface area contributed by atoms with Crippen LogP contribution >= 0.6 is 22.6 Å². The van der Waals surface area contributed by atoms with Gasteiger partial charge >= 0.3 is 0 Å². The summed E-state index contributed by atoms with van der Waals surface area (Å²) < 4.78 is 9.21. The molecular formula is C26H21IN2O2. The number of halogens is 1. The second-order valence-electron chi connectivity index (χ2n) is 7.76. The van der Waals surface area contributed by atoms with Gasteiger partial charge in [-0.1, -0.05) is 48.5 Å². The summed E-state index contributed by atoms with van der Waals surface area (Å²) in [6.07, 6.45) is 0. The molecule has 31 heavy (non-hydrogen) atoms. The van der Waals surface area contributed by atoms with E-state index in [0.717, 1.165) is 42.4 Å². The zero-order valence-electron chi connectivity index (χ0n) is 17.5. The predicted octanol–water partition coefficient (Wildman–Crippen LogP) is 6.92. The Morgan fingerprint density at radius 2 is 1.58 bits per heavy atom. The van der Waals surface area contributed by atoms with Gasteiger partial charge in [-0.2, -0.15) is 0 Å². The molecule has 0 saturated heterocycles. The van der Waals surface area contributed by atoms with Crippen LogP contribution < -0.4 is 10.9 Å². The highest BCUT2D eigenvalue weighted by Crippen LogP contribution is 2.42. The van der Waals surface area contributed by atoms with Crippen LogP contribution in [0.25, 0.3) is 33.0 Å². The van der Waals surface area contributed by atoms with Crippen molar-refractivity contribution in [1.29, 1.82) is 0 Å². The van der Waals surface area contributed by atoms with Crippen LogP contribution in [-0.4, -0.2) is 4.57 Å². The molecule has 0 aliphatic heterocycles. The molecule has 0 fully saturated rings. The van der Waals surface area contributed by atoms with Gasteiger partial charge in [0.05, 0.1) is 16.5 Å². The molecule has 5 heteroatoms. The summed E-state index contributed by atoms with van der Waals surface area (Å²) in [6, 6.07) is 22.1. The number of para-hydroxylation sites is 2. The van der Waals surface area contributed by atoms with Crippen molar-refractivity contribution in [3.8, 4) is 11.1 Å². The van der Waals surface area contributed by atoms with Crippen molar-refractivity contribution in [2.75, 3.05) is 5.32 Å². The Morgan fingerprint density at radius 1 is 0.903 bits per heavy atom. The third kappa shape index (κ3) is 3.15. The number of fused-ring (bicyclic) bond motifs is 3. The maximum atomic E-state index is 13.5. The van der Waals surface area contributed by atoms with Crippen LogP contribution in [0.15, 0.2) is 75.9 Å². The van der Waals surface area contributed by atoms with Crippen LogP contribution in [0.3, 0.4) is 0 Å². The normalized spacial score (nSPS) is 11.4. The number of hydrogen-bond acceptors (Lipinski definition) is 3. The Kier molecular flexibility index (Phi) is 4.85. The third-order valence-electron chi connectivity index (χ3n) is 5.80. The van der Waals surface area contributed by atoms with E-state index in [-0.39, 0.29) is 5.56 Å². The smallest absolute Gasteiger partial charge is 0.262 e. The van der Waals surface area contributed by atoms with Crippen molar-refractivity contribution in [3.63, 3.8) is 0 Å². The first kappa shape index (κ1) is 19.9. The largest absolute Gasteiger partial charge is 0.439 e. The van der Waals surface area contributed by atoms with E-state index in [4.69, 9.17) is 4.42 Å². The SMILES string of the molecule is Cc1cccc(C)c1Nc1oc2c(c1-c1ccccc1I)c(=O)n(C)c1ccccc21. The molecule has 0 saturated carbocycles. The molecule has 0 radical (unpaired) electrons. The Morgan fingerprint density at radius 3 is 2.32 bits per heavy atom. The Hall–Kier alpha value is -3.06. The van der Waals surface area contributed by atoms with Gasteiger partial charge in [0, 0.05) is 27.3 Å². The lowest BCUT2D eigenvalue weighted by molar-refractivity contribution is 0.637. The summed E-state index contributed by atoms with van der Waals surface area (Å²) >= 11 is 2.32. The molecule has 4 nitrogen and oxygen atoms in total. The lowest BCUT2D eigenvalue weighted by atomic mass is 10.0. The number of anilines is 2. The number of aryl methyl sites for hydroxylation is 3. The van der Waals surface area contributed by atoms with Gasteiger partial charge in [-0.3, -0.25) is 4.79 Å². The summed E-state index contributed by atoms with van der Waals surface area (Å²) in [5.41, 5.74) is 6.40. The van der Waals surface area contributed by atoms with E-state index < -0.39 is 0 Å². The molecule has 0 unspecified atom stereocenters. The van der Waals surface area contributed by atoms with Gasteiger partial charge in [-0.25, -0.2) is 0 Å². The first-order chi connectivity index (χ1) is 15.0. The van der Waals surface area contributed by atoms with Gasteiger partial charge in [0.2, 0.25) is 5.88 Å². The fourth-order valence-corrected chi connectivity index (χ4v) is 4.85. The number of benzene rings is 3. The van der Waals surface area contributed by atoms with Gasteiger partial charge in [-0.15, -0.1) is 0 Å². The predicted molar refractivity (Wildman–Crippen MR) is 136 cm³/mol. The topological polar surface area (TPSA) is 47.2 Å². The van der Waals surface area contributed by atoms with Crippen LogP contribution in [0.2, 0.25) is 0 Å². The lowest BCUT2D eigenvalue weighted by Crippen LogP contribution is -2.17. The highest BCUT2D eigenvalue weighted by atomic mass is 127. The van der Waals surface area contributed by atoms with Gasteiger partial charge < -0.3 is 14.3 Å². The van der Waals surface area contributed by atoms with Crippen molar-refractivity contribution < 1.29 is 4.42 Å². The van der Waals surface area contributed by atoms with Crippen molar-refractivity contribution in [3.05, 3.63) is 91.8 Å². The molecule has 3 aromatic carbocycles. The van der Waals surface area contributed by atoms with E-state index in [9.17, 15) is 4.79 Å². The van der Waals surface area contributed by atoms with Crippen LogP contribution in [0.4, 0.5) is 11.6 Å². The molecule has 5 rings (SSSR count). The Balaban J connectivity index is 1.92. The minimum atomic E-state index is -0.0679. The molecule has 154 valence electrons. The third-order valence-corrected chi connectivity index (χ3v) is 6.74. The summed E-state index contributed by atoms with van der Waals surface area (Å²) in [6.45, 7) is 4.14. The molecule has 2 aromatic heterocycles. The minimum absolute atomic E-state index is 0.0679. The summed E-state index contributed by atoms with van der Waals surface area (Å²) in [7, 11) is 1.81. The van der Waals surface area contributed by atoms with E-state index in [2.05, 4.69) is 53.9 Å². The first-order valence-corrected chi connectivity index (χ1v) is 11.2.